The van der Waals surface area contributed by atoms with Crippen LogP contribution >= 0.6 is 22.7 Å². The topological polar surface area (TPSA) is 101 Å². The summed E-state index contributed by atoms with van der Waals surface area (Å²) in [5, 5.41) is 16.0. The van der Waals surface area contributed by atoms with Crippen molar-refractivity contribution in [2.75, 3.05) is 18.4 Å². The van der Waals surface area contributed by atoms with Gasteiger partial charge in [-0.05, 0) is 25.0 Å². The lowest BCUT2D eigenvalue weighted by Gasteiger charge is -2.30. The molecule has 10 heteroatoms. The zero-order chi connectivity index (χ0) is 23.9. The first-order valence-electron chi connectivity index (χ1n) is 11.2. The van der Waals surface area contributed by atoms with Crippen molar-refractivity contribution in [1.82, 2.24) is 20.1 Å². The van der Waals surface area contributed by atoms with E-state index >= 15 is 0 Å². The van der Waals surface area contributed by atoms with Gasteiger partial charge in [-0.25, -0.2) is 4.98 Å². The highest BCUT2D eigenvalue weighted by atomic mass is 32.1. The SMILES string of the molecule is CC(C)(C)c1nnc(NC(=O)c2csc(C3CCN(C(=O)c4cc5ccccc5o4)CC3)n2)s1. The molecule has 0 aliphatic carbocycles. The maximum atomic E-state index is 12.9. The van der Waals surface area contributed by atoms with E-state index in [1.165, 1.54) is 22.7 Å². The van der Waals surface area contributed by atoms with Crippen molar-refractivity contribution in [3.63, 3.8) is 0 Å². The molecule has 0 radical (unpaired) electrons. The van der Waals surface area contributed by atoms with E-state index < -0.39 is 0 Å². The molecule has 4 aromatic rings. The van der Waals surface area contributed by atoms with Crippen LogP contribution in [0.1, 0.15) is 70.6 Å². The van der Waals surface area contributed by atoms with Crippen LogP contribution in [0.4, 0.5) is 5.13 Å². The number of amides is 2. The lowest BCUT2D eigenvalue weighted by atomic mass is 9.97. The second-order valence-corrected chi connectivity index (χ2v) is 11.3. The number of rotatable bonds is 4. The van der Waals surface area contributed by atoms with Crippen LogP contribution in [0.15, 0.2) is 40.1 Å². The van der Waals surface area contributed by atoms with Gasteiger partial charge < -0.3 is 9.32 Å². The number of thiazole rings is 1. The zero-order valence-corrected chi connectivity index (χ0v) is 20.8. The Labute approximate surface area is 205 Å². The predicted molar refractivity (Wildman–Crippen MR) is 133 cm³/mol. The lowest BCUT2D eigenvalue weighted by molar-refractivity contribution is 0.0683. The van der Waals surface area contributed by atoms with E-state index in [0.29, 0.717) is 29.7 Å². The number of fused-ring (bicyclic) bond motifs is 1. The summed E-state index contributed by atoms with van der Waals surface area (Å²) in [6, 6.07) is 9.43. The van der Waals surface area contributed by atoms with Crippen molar-refractivity contribution in [3.8, 4) is 0 Å². The summed E-state index contributed by atoms with van der Waals surface area (Å²) in [4.78, 5) is 32.0. The number of aromatic nitrogens is 3. The van der Waals surface area contributed by atoms with E-state index in [1.807, 2.05) is 29.2 Å². The van der Waals surface area contributed by atoms with Crippen molar-refractivity contribution in [2.24, 2.45) is 0 Å². The van der Waals surface area contributed by atoms with Gasteiger partial charge in [0.15, 0.2) is 5.76 Å². The molecule has 5 rings (SSSR count). The molecular weight excluding hydrogens is 470 g/mol. The van der Waals surface area contributed by atoms with Gasteiger partial charge >= 0.3 is 0 Å². The summed E-state index contributed by atoms with van der Waals surface area (Å²) in [7, 11) is 0. The maximum absolute atomic E-state index is 12.9. The molecule has 1 saturated heterocycles. The zero-order valence-electron chi connectivity index (χ0n) is 19.2. The molecule has 1 aliphatic rings. The van der Waals surface area contributed by atoms with Crippen LogP contribution in [-0.2, 0) is 5.41 Å². The Morgan fingerprint density at radius 2 is 1.91 bits per heavy atom. The van der Waals surface area contributed by atoms with Gasteiger partial charge in [-0.3, -0.25) is 14.9 Å². The van der Waals surface area contributed by atoms with E-state index in [2.05, 4.69) is 41.3 Å². The van der Waals surface area contributed by atoms with E-state index in [1.54, 1.807) is 11.4 Å². The molecule has 0 spiro atoms. The summed E-state index contributed by atoms with van der Waals surface area (Å²) in [6.45, 7) is 7.42. The minimum Gasteiger partial charge on any atom is -0.451 e. The minimum atomic E-state index is -0.281. The third-order valence-electron chi connectivity index (χ3n) is 5.81. The molecule has 0 unspecified atom stereocenters. The summed E-state index contributed by atoms with van der Waals surface area (Å²) >= 11 is 2.86. The normalized spacial score (nSPS) is 15.1. The fraction of sp³-hybridized carbons (Fsp3) is 0.375. The van der Waals surface area contributed by atoms with Gasteiger partial charge in [0.05, 0.1) is 5.01 Å². The molecule has 1 aromatic carbocycles. The number of hydrogen-bond donors (Lipinski definition) is 1. The summed E-state index contributed by atoms with van der Waals surface area (Å²) in [5.74, 6) is 0.233. The molecule has 34 heavy (non-hydrogen) atoms. The van der Waals surface area contributed by atoms with Crippen molar-refractivity contribution < 1.29 is 14.0 Å². The Balaban J connectivity index is 1.19. The van der Waals surface area contributed by atoms with Crippen LogP contribution in [0.2, 0.25) is 0 Å². The molecule has 1 aliphatic heterocycles. The first-order chi connectivity index (χ1) is 16.3. The number of anilines is 1. The second kappa shape index (κ2) is 8.92. The highest BCUT2D eigenvalue weighted by Gasteiger charge is 2.28. The van der Waals surface area contributed by atoms with E-state index in [0.717, 1.165) is 33.8 Å². The Morgan fingerprint density at radius 1 is 1.15 bits per heavy atom. The number of nitrogens with zero attached hydrogens (tertiary/aromatic N) is 4. The van der Waals surface area contributed by atoms with E-state index in [4.69, 9.17) is 4.42 Å². The quantitative estimate of drug-likeness (QED) is 0.412. The molecule has 8 nitrogen and oxygen atoms in total. The second-order valence-electron chi connectivity index (χ2n) is 9.40. The fourth-order valence-electron chi connectivity index (χ4n) is 3.89. The van der Waals surface area contributed by atoms with Gasteiger partial charge in [-0.2, -0.15) is 0 Å². The summed E-state index contributed by atoms with van der Waals surface area (Å²) in [5.41, 5.74) is 0.987. The van der Waals surface area contributed by atoms with Gasteiger partial charge in [-0.15, -0.1) is 21.5 Å². The van der Waals surface area contributed by atoms with Crippen molar-refractivity contribution >= 4 is 50.6 Å². The molecule has 0 atom stereocenters. The largest absolute Gasteiger partial charge is 0.451 e. The number of likely N-dealkylation sites (tertiary alicyclic amines) is 1. The van der Waals surface area contributed by atoms with Crippen LogP contribution < -0.4 is 5.32 Å². The third-order valence-corrected chi connectivity index (χ3v) is 8.08. The lowest BCUT2D eigenvalue weighted by Crippen LogP contribution is -2.37. The molecule has 2 amide bonds. The van der Waals surface area contributed by atoms with Gasteiger partial charge in [0.25, 0.3) is 11.8 Å². The van der Waals surface area contributed by atoms with Crippen molar-refractivity contribution in [2.45, 2.75) is 44.9 Å². The number of carbonyl (C=O) groups is 2. The number of furan rings is 1. The predicted octanol–water partition coefficient (Wildman–Crippen LogP) is 5.31. The number of piperidine rings is 1. The molecule has 1 fully saturated rings. The number of carbonyl (C=O) groups excluding carboxylic acids is 2. The van der Waals surface area contributed by atoms with Crippen LogP contribution in [0.3, 0.4) is 0 Å². The van der Waals surface area contributed by atoms with Gasteiger partial charge in [-0.1, -0.05) is 50.3 Å². The van der Waals surface area contributed by atoms with E-state index in [9.17, 15) is 9.59 Å². The summed E-state index contributed by atoms with van der Waals surface area (Å²) in [6.07, 6.45) is 1.60. The summed E-state index contributed by atoms with van der Waals surface area (Å²) < 4.78 is 5.74. The molecule has 3 aromatic heterocycles. The molecule has 4 heterocycles. The molecule has 176 valence electrons. The third kappa shape index (κ3) is 4.60. The first kappa shape index (κ1) is 22.7. The number of nitrogens with one attached hydrogen (secondary N) is 1. The Hall–Kier alpha value is -3.11. The van der Waals surface area contributed by atoms with Gasteiger partial charge in [0.1, 0.15) is 16.3 Å². The first-order valence-corrected chi connectivity index (χ1v) is 12.9. The molecule has 1 N–H and O–H groups in total. The maximum Gasteiger partial charge on any atom is 0.289 e. The number of hydrogen-bond acceptors (Lipinski definition) is 8. The highest BCUT2D eigenvalue weighted by Crippen LogP contribution is 2.32. The van der Waals surface area contributed by atoms with Crippen LogP contribution in [0.5, 0.6) is 0 Å². The number of benzene rings is 1. The average molecular weight is 496 g/mol. The Bertz CT molecular complexity index is 1310. The fourth-order valence-corrected chi connectivity index (χ4v) is 5.66. The van der Waals surface area contributed by atoms with Gasteiger partial charge in [0.2, 0.25) is 5.13 Å². The average Bonchev–Trinajstić information content (AvgIpc) is 3.57. The van der Waals surface area contributed by atoms with Crippen LogP contribution in [0, 0.1) is 0 Å². The standard InChI is InChI=1S/C24H25N5O3S2/c1-24(2,3)22-27-28-23(34-22)26-19(30)16-13-33-20(25-16)14-8-10-29(11-9-14)21(31)18-12-15-6-4-5-7-17(15)32-18/h4-7,12-14H,8-11H2,1-3H3,(H,26,28,30). The minimum absolute atomic E-state index is 0.0828. The van der Waals surface area contributed by atoms with Crippen LogP contribution in [-0.4, -0.2) is 45.0 Å². The monoisotopic (exact) mass is 495 g/mol. The molecular formula is C24H25N5O3S2. The Kier molecular flexibility index (Phi) is 5.95. The Morgan fingerprint density at radius 3 is 2.62 bits per heavy atom. The van der Waals surface area contributed by atoms with Gasteiger partial charge in [0, 0.05) is 35.2 Å². The van der Waals surface area contributed by atoms with E-state index in [-0.39, 0.29) is 23.1 Å². The smallest absolute Gasteiger partial charge is 0.289 e. The number of para-hydroxylation sites is 1. The molecule has 0 saturated carbocycles. The molecule has 0 bridgehead atoms. The van der Waals surface area contributed by atoms with Crippen molar-refractivity contribution in [1.29, 1.82) is 0 Å². The van der Waals surface area contributed by atoms with Crippen LogP contribution in [0.25, 0.3) is 11.0 Å². The highest BCUT2D eigenvalue weighted by molar-refractivity contribution is 7.15. The van der Waals surface area contributed by atoms with Crippen molar-refractivity contribution in [3.05, 3.63) is 57.2 Å².